The van der Waals surface area contributed by atoms with Gasteiger partial charge in [-0.25, -0.2) is 0 Å². The summed E-state index contributed by atoms with van der Waals surface area (Å²) in [7, 11) is 0. The molecule has 296 valence electrons. The number of allylic oxidation sites excluding steroid dienone is 5. The lowest BCUT2D eigenvalue weighted by Gasteiger charge is -2.33. The second kappa shape index (κ2) is 13.9. The van der Waals surface area contributed by atoms with Gasteiger partial charge in [0.2, 0.25) is 0 Å². The van der Waals surface area contributed by atoms with Crippen LogP contribution in [0.1, 0.15) is 65.6 Å². The number of hydrogen-bond donors (Lipinski definition) is 0. The maximum Gasteiger partial charge on any atom is 0.0540 e. The molecule has 0 radical (unpaired) electrons. The first kappa shape index (κ1) is 36.6. The molecule has 12 rings (SSSR count). The number of anilines is 3. The van der Waals surface area contributed by atoms with E-state index in [1.807, 2.05) is 0 Å². The van der Waals surface area contributed by atoms with Crippen LogP contribution in [0.25, 0.3) is 50.6 Å². The van der Waals surface area contributed by atoms with Crippen molar-refractivity contribution in [2.75, 3.05) is 4.90 Å². The van der Waals surface area contributed by atoms with Crippen LogP contribution in [0.15, 0.2) is 212 Å². The summed E-state index contributed by atoms with van der Waals surface area (Å²) in [4.78, 5) is 2.52. The summed E-state index contributed by atoms with van der Waals surface area (Å²) < 4.78 is 0. The standard InChI is InChI=1S/C61H47N/c1-60(2)55-31-12-9-25-51(55)54-30-16-27-46(59(54)60)41-19-15-22-43(38-41)62(44-35-37-52-50-24-10-13-32-56(50)61(3,57(52)39-44)42-20-5-4-6-21-42)58-33-14-11-26-53(58)48-29-17-28-47-45-23-8-7-18-40(45)34-36-49(47)48/h4-40,45H,1-3H3. The van der Waals surface area contributed by atoms with Gasteiger partial charge in [-0.15, -0.1) is 0 Å². The molecule has 1 heteroatoms. The van der Waals surface area contributed by atoms with E-state index in [4.69, 9.17) is 0 Å². The summed E-state index contributed by atoms with van der Waals surface area (Å²) in [6, 6.07) is 68.3. The van der Waals surface area contributed by atoms with Crippen molar-refractivity contribution in [3.05, 3.63) is 251 Å². The van der Waals surface area contributed by atoms with Crippen molar-refractivity contribution in [2.45, 2.75) is 37.5 Å². The molecule has 8 aromatic carbocycles. The lowest BCUT2D eigenvalue weighted by atomic mass is 9.74. The minimum Gasteiger partial charge on any atom is -0.310 e. The molecule has 0 amide bonds. The average molecular weight is 794 g/mol. The molecular weight excluding hydrogens is 747 g/mol. The summed E-state index contributed by atoms with van der Waals surface area (Å²) >= 11 is 0. The van der Waals surface area contributed by atoms with Gasteiger partial charge in [0.15, 0.2) is 0 Å². The lowest BCUT2D eigenvalue weighted by Crippen LogP contribution is -2.23. The third kappa shape index (κ3) is 5.34. The molecule has 8 aromatic rings. The molecule has 0 fully saturated rings. The number of nitrogens with zero attached hydrogens (tertiary/aromatic N) is 1. The zero-order valence-electron chi connectivity index (χ0n) is 35.4. The molecular formula is C61H47N. The maximum absolute atomic E-state index is 2.52. The van der Waals surface area contributed by atoms with Crippen LogP contribution < -0.4 is 4.90 Å². The average Bonchev–Trinajstić information content (AvgIpc) is 3.73. The van der Waals surface area contributed by atoms with Gasteiger partial charge in [-0.3, -0.25) is 0 Å². The Morgan fingerprint density at radius 1 is 0.435 bits per heavy atom. The van der Waals surface area contributed by atoms with Crippen LogP contribution in [-0.2, 0) is 10.8 Å². The number of hydrogen-bond acceptors (Lipinski definition) is 1. The van der Waals surface area contributed by atoms with Gasteiger partial charge in [-0.05, 0) is 115 Å². The Labute approximate surface area is 365 Å². The molecule has 4 aliphatic rings. The highest BCUT2D eigenvalue weighted by Crippen LogP contribution is 2.56. The van der Waals surface area contributed by atoms with Gasteiger partial charge in [0.25, 0.3) is 0 Å². The Hall–Kier alpha value is -7.22. The van der Waals surface area contributed by atoms with Crippen molar-refractivity contribution in [2.24, 2.45) is 5.92 Å². The molecule has 62 heavy (non-hydrogen) atoms. The Morgan fingerprint density at radius 2 is 1.06 bits per heavy atom. The van der Waals surface area contributed by atoms with Gasteiger partial charge in [-0.2, -0.15) is 0 Å². The zero-order valence-corrected chi connectivity index (χ0v) is 35.4. The molecule has 0 saturated carbocycles. The maximum atomic E-state index is 2.52. The molecule has 0 spiro atoms. The molecule has 1 nitrogen and oxygen atoms in total. The van der Waals surface area contributed by atoms with Crippen molar-refractivity contribution in [3.63, 3.8) is 0 Å². The van der Waals surface area contributed by atoms with Crippen LogP contribution in [0.3, 0.4) is 0 Å². The van der Waals surface area contributed by atoms with Crippen LogP contribution >= 0.6 is 0 Å². The molecule has 0 bridgehead atoms. The van der Waals surface area contributed by atoms with Crippen molar-refractivity contribution >= 4 is 23.1 Å². The first-order chi connectivity index (χ1) is 30.4. The zero-order chi connectivity index (χ0) is 41.6. The third-order valence-corrected chi connectivity index (χ3v) is 14.5. The minimum atomic E-state index is -0.330. The van der Waals surface area contributed by atoms with E-state index in [9.17, 15) is 0 Å². The third-order valence-electron chi connectivity index (χ3n) is 14.5. The van der Waals surface area contributed by atoms with Gasteiger partial charge in [-0.1, -0.05) is 202 Å². The first-order valence-corrected chi connectivity index (χ1v) is 22.1. The minimum absolute atomic E-state index is 0.135. The van der Waals surface area contributed by atoms with Crippen molar-refractivity contribution < 1.29 is 0 Å². The molecule has 0 saturated heterocycles. The molecule has 3 atom stereocenters. The highest BCUT2D eigenvalue weighted by atomic mass is 15.1. The summed E-state index contributed by atoms with van der Waals surface area (Å²) in [5.74, 6) is 0.709. The molecule has 4 aliphatic carbocycles. The predicted octanol–water partition coefficient (Wildman–Crippen LogP) is 16.0. The monoisotopic (exact) mass is 793 g/mol. The van der Waals surface area contributed by atoms with Crippen LogP contribution in [0, 0.1) is 5.92 Å². The second-order valence-corrected chi connectivity index (χ2v) is 18.1. The van der Waals surface area contributed by atoms with E-state index >= 15 is 0 Å². The molecule has 3 unspecified atom stereocenters. The Morgan fingerprint density at radius 3 is 1.92 bits per heavy atom. The fraction of sp³-hybridized carbons (Fsp3) is 0.115. The van der Waals surface area contributed by atoms with E-state index in [2.05, 4.69) is 244 Å². The Bertz CT molecular complexity index is 3190. The van der Waals surface area contributed by atoms with E-state index < -0.39 is 0 Å². The lowest BCUT2D eigenvalue weighted by molar-refractivity contribution is 0.662. The molecule has 0 N–H and O–H groups in total. The summed E-state index contributed by atoms with van der Waals surface area (Å²) in [6.45, 7) is 7.18. The summed E-state index contributed by atoms with van der Waals surface area (Å²) in [5, 5.41) is 0. The SMILES string of the molecule is CC1(C)c2ccccc2-c2cccc(-c3cccc(N(c4ccc5c(c4)C(C)(c4ccccc4)c4ccccc4-5)c4ccccc4-c4cccc5c4C=CC4C=CC=CC54)c3)c21. The van der Waals surface area contributed by atoms with Gasteiger partial charge in [0.05, 0.1) is 5.69 Å². The summed E-state index contributed by atoms with van der Waals surface area (Å²) in [5.41, 5.74) is 22.6. The van der Waals surface area contributed by atoms with Gasteiger partial charge >= 0.3 is 0 Å². The predicted molar refractivity (Wildman–Crippen MR) is 261 cm³/mol. The number of benzene rings is 8. The molecule has 0 aliphatic heterocycles. The Kier molecular flexibility index (Phi) is 8.22. The van der Waals surface area contributed by atoms with Crippen molar-refractivity contribution in [3.8, 4) is 44.5 Å². The van der Waals surface area contributed by atoms with E-state index in [-0.39, 0.29) is 10.8 Å². The summed E-state index contributed by atoms with van der Waals surface area (Å²) in [6.07, 6.45) is 13.8. The van der Waals surface area contributed by atoms with Gasteiger partial charge in [0, 0.05) is 39.6 Å². The van der Waals surface area contributed by atoms with Crippen molar-refractivity contribution in [1.29, 1.82) is 0 Å². The number of rotatable bonds is 6. The quantitative estimate of drug-likeness (QED) is 0.162. The second-order valence-electron chi connectivity index (χ2n) is 18.1. The fourth-order valence-electron chi connectivity index (χ4n) is 11.5. The fourth-order valence-corrected chi connectivity index (χ4v) is 11.5. The van der Waals surface area contributed by atoms with Crippen molar-refractivity contribution in [1.82, 2.24) is 0 Å². The highest BCUT2D eigenvalue weighted by molar-refractivity contribution is 5.95. The van der Waals surface area contributed by atoms with Gasteiger partial charge < -0.3 is 4.90 Å². The van der Waals surface area contributed by atoms with E-state index in [1.54, 1.807) is 0 Å². The van der Waals surface area contributed by atoms with Gasteiger partial charge in [0.1, 0.15) is 0 Å². The van der Waals surface area contributed by atoms with Crippen LogP contribution in [-0.4, -0.2) is 0 Å². The van der Waals surface area contributed by atoms with E-state index in [0.29, 0.717) is 11.8 Å². The number of fused-ring (bicyclic) bond motifs is 9. The van der Waals surface area contributed by atoms with E-state index in [1.165, 1.54) is 83.5 Å². The topological polar surface area (TPSA) is 3.24 Å². The largest absolute Gasteiger partial charge is 0.310 e. The Balaban J connectivity index is 1.08. The van der Waals surface area contributed by atoms with Crippen LogP contribution in [0.2, 0.25) is 0 Å². The van der Waals surface area contributed by atoms with Crippen LogP contribution in [0.4, 0.5) is 17.1 Å². The molecule has 0 heterocycles. The number of para-hydroxylation sites is 1. The van der Waals surface area contributed by atoms with E-state index in [0.717, 1.165) is 17.1 Å². The molecule has 0 aromatic heterocycles. The van der Waals surface area contributed by atoms with Crippen LogP contribution in [0.5, 0.6) is 0 Å². The first-order valence-electron chi connectivity index (χ1n) is 22.1. The smallest absolute Gasteiger partial charge is 0.0540 e. The highest BCUT2D eigenvalue weighted by Gasteiger charge is 2.41. The normalized spacial score (nSPS) is 19.2.